The number of piperidine rings is 1. The van der Waals surface area contributed by atoms with Gasteiger partial charge in [0.25, 0.3) is 0 Å². The van der Waals surface area contributed by atoms with E-state index < -0.39 is 0 Å². The predicted molar refractivity (Wildman–Crippen MR) is 121 cm³/mol. The van der Waals surface area contributed by atoms with Gasteiger partial charge >= 0.3 is 0 Å². The van der Waals surface area contributed by atoms with E-state index in [1.807, 2.05) is 36.1 Å². The summed E-state index contributed by atoms with van der Waals surface area (Å²) in [4.78, 5) is 18.8. The van der Waals surface area contributed by atoms with Gasteiger partial charge in [0.05, 0.1) is 13.1 Å². The second-order valence-electron chi connectivity index (χ2n) is 6.20. The molecule has 1 saturated heterocycles. The number of amides is 1. The molecular weight excluding hydrogens is 455 g/mol. The van der Waals surface area contributed by atoms with Crippen LogP contribution in [0.4, 0.5) is 0 Å². The highest BCUT2D eigenvalue weighted by molar-refractivity contribution is 14.0. The van der Waals surface area contributed by atoms with E-state index in [9.17, 15) is 4.79 Å². The van der Waals surface area contributed by atoms with Crippen LogP contribution in [-0.2, 0) is 11.3 Å². The summed E-state index contributed by atoms with van der Waals surface area (Å²) >= 11 is 0. The number of nitrogens with one attached hydrogen (secondary N) is 2. The number of hydrogen-bond donors (Lipinski definition) is 2. The van der Waals surface area contributed by atoms with Crippen LogP contribution < -0.4 is 15.4 Å². The number of rotatable bonds is 8. The average molecular weight is 486 g/mol. The molecule has 0 radical (unpaired) electrons. The molecular formula is C20H31IN4O2. The van der Waals surface area contributed by atoms with Gasteiger partial charge in [0, 0.05) is 25.2 Å². The van der Waals surface area contributed by atoms with Crippen molar-refractivity contribution in [3.05, 3.63) is 42.5 Å². The first-order valence-electron chi connectivity index (χ1n) is 9.36. The summed E-state index contributed by atoms with van der Waals surface area (Å²) in [6.45, 7) is 9.34. The molecule has 27 heavy (non-hydrogen) atoms. The Bertz CT molecular complexity index is 616. The topological polar surface area (TPSA) is 66.0 Å². The van der Waals surface area contributed by atoms with Crippen LogP contribution in [0, 0.1) is 0 Å². The summed E-state index contributed by atoms with van der Waals surface area (Å²) in [7, 11) is 0. The Morgan fingerprint density at radius 2 is 2.00 bits per heavy atom. The van der Waals surface area contributed by atoms with Crippen LogP contribution >= 0.6 is 24.0 Å². The molecule has 1 heterocycles. The standard InChI is InChI=1S/C20H30N4O2.HI/c1-3-14-26-18-11-7-6-10-17(18)15-22-20(21-4-2)23-16-19(25)24-12-8-5-9-13-24;/h3,6-7,10-11H,1,4-5,8-9,12-16H2,2H3,(H2,21,22,23);1H. The van der Waals surface area contributed by atoms with Crippen molar-refractivity contribution in [3.8, 4) is 5.75 Å². The van der Waals surface area contributed by atoms with Crippen LogP contribution in [0.25, 0.3) is 0 Å². The van der Waals surface area contributed by atoms with Gasteiger partial charge in [0.1, 0.15) is 12.4 Å². The fourth-order valence-electron chi connectivity index (χ4n) is 2.84. The Balaban J connectivity index is 0.00000364. The van der Waals surface area contributed by atoms with Gasteiger partial charge in [-0.2, -0.15) is 0 Å². The number of para-hydroxylation sites is 1. The maximum absolute atomic E-state index is 12.3. The summed E-state index contributed by atoms with van der Waals surface area (Å²) in [6, 6.07) is 7.82. The SMILES string of the molecule is C=CCOc1ccccc1CN=C(NCC)NCC(=O)N1CCCCC1.I. The minimum atomic E-state index is 0. The van der Waals surface area contributed by atoms with E-state index in [0.717, 1.165) is 43.8 Å². The number of likely N-dealkylation sites (tertiary alicyclic amines) is 1. The number of carbonyl (C=O) groups excluding carboxylic acids is 1. The van der Waals surface area contributed by atoms with Gasteiger partial charge in [-0.15, -0.1) is 24.0 Å². The lowest BCUT2D eigenvalue weighted by molar-refractivity contribution is -0.130. The molecule has 0 atom stereocenters. The number of carbonyl (C=O) groups is 1. The Morgan fingerprint density at radius 3 is 2.70 bits per heavy atom. The monoisotopic (exact) mass is 486 g/mol. The molecule has 0 saturated carbocycles. The molecule has 2 N–H and O–H groups in total. The zero-order valence-electron chi connectivity index (χ0n) is 16.1. The summed E-state index contributed by atoms with van der Waals surface area (Å²) in [5.74, 6) is 1.57. The lowest BCUT2D eigenvalue weighted by Crippen LogP contribution is -2.46. The first kappa shape index (κ1) is 23.3. The molecule has 1 aliphatic heterocycles. The first-order valence-corrected chi connectivity index (χ1v) is 9.36. The Labute approximate surface area is 179 Å². The molecule has 0 aliphatic carbocycles. The molecule has 0 aromatic heterocycles. The zero-order valence-corrected chi connectivity index (χ0v) is 18.4. The maximum Gasteiger partial charge on any atom is 0.241 e. The van der Waals surface area contributed by atoms with E-state index in [1.165, 1.54) is 6.42 Å². The van der Waals surface area contributed by atoms with Gasteiger partial charge in [0.15, 0.2) is 5.96 Å². The number of halogens is 1. The normalized spacial score (nSPS) is 14.1. The minimum absolute atomic E-state index is 0. The number of hydrogen-bond acceptors (Lipinski definition) is 3. The largest absolute Gasteiger partial charge is 0.489 e. The molecule has 0 spiro atoms. The van der Waals surface area contributed by atoms with Crippen molar-refractivity contribution < 1.29 is 9.53 Å². The predicted octanol–water partition coefficient (Wildman–Crippen LogP) is 2.94. The number of guanidine groups is 1. The van der Waals surface area contributed by atoms with Crippen molar-refractivity contribution >= 4 is 35.8 Å². The van der Waals surface area contributed by atoms with Crippen molar-refractivity contribution in [2.75, 3.05) is 32.8 Å². The van der Waals surface area contributed by atoms with Gasteiger partial charge in [-0.25, -0.2) is 4.99 Å². The molecule has 1 amide bonds. The highest BCUT2D eigenvalue weighted by Gasteiger charge is 2.16. The van der Waals surface area contributed by atoms with Crippen molar-refractivity contribution in [1.29, 1.82) is 0 Å². The van der Waals surface area contributed by atoms with E-state index in [2.05, 4.69) is 22.2 Å². The number of nitrogens with zero attached hydrogens (tertiary/aromatic N) is 2. The quantitative estimate of drug-likeness (QED) is 0.257. The molecule has 6 nitrogen and oxygen atoms in total. The van der Waals surface area contributed by atoms with Crippen LogP contribution in [0.3, 0.4) is 0 Å². The van der Waals surface area contributed by atoms with Crippen LogP contribution in [0.15, 0.2) is 41.9 Å². The van der Waals surface area contributed by atoms with Crippen LogP contribution in [-0.4, -0.2) is 49.6 Å². The molecule has 1 aliphatic rings. The van der Waals surface area contributed by atoms with E-state index in [4.69, 9.17) is 4.74 Å². The number of ether oxygens (including phenoxy) is 1. The summed E-state index contributed by atoms with van der Waals surface area (Å²) < 4.78 is 5.67. The van der Waals surface area contributed by atoms with Crippen molar-refractivity contribution in [3.63, 3.8) is 0 Å². The molecule has 1 fully saturated rings. The van der Waals surface area contributed by atoms with Crippen LogP contribution in [0.1, 0.15) is 31.7 Å². The molecule has 150 valence electrons. The fraction of sp³-hybridized carbons (Fsp3) is 0.500. The molecule has 1 aromatic rings. The maximum atomic E-state index is 12.3. The van der Waals surface area contributed by atoms with E-state index in [1.54, 1.807) is 6.08 Å². The summed E-state index contributed by atoms with van der Waals surface area (Å²) in [5.41, 5.74) is 0.994. The summed E-state index contributed by atoms with van der Waals surface area (Å²) in [5, 5.41) is 6.33. The molecule has 0 unspecified atom stereocenters. The summed E-state index contributed by atoms with van der Waals surface area (Å²) in [6.07, 6.45) is 5.13. The van der Waals surface area contributed by atoms with Gasteiger partial charge in [-0.1, -0.05) is 30.9 Å². The number of benzene rings is 1. The second-order valence-corrected chi connectivity index (χ2v) is 6.20. The van der Waals surface area contributed by atoms with Crippen molar-refractivity contribution in [2.45, 2.75) is 32.7 Å². The van der Waals surface area contributed by atoms with Crippen LogP contribution in [0.5, 0.6) is 5.75 Å². The molecule has 0 bridgehead atoms. The van der Waals surface area contributed by atoms with Crippen LogP contribution in [0.2, 0.25) is 0 Å². The lowest BCUT2D eigenvalue weighted by Gasteiger charge is -2.27. The smallest absolute Gasteiger partial charge is 0.241 e. The van der Waals surface area contributed by atoms with Crippen molar-refractivity contribution in [1.82, 2.24) is 15.5 Å². The van der Waals surface area contributed by atoms with E-state index in [-0.39, 0.29) is 36.4 Å². The Kier molecular flexibility index (Phi) is 11.6. The van der Waals surface area contributed by atoms with Gasteiger partial charge in [-0.05, 0) is 32.3 Å². The highest BCUT2D eigenvalue weighted by atomic mass is 127. The third-order valence-electron chi connectivity index (χ3n) is 4.20. The van der Waals surface area contributed by atoms with E-state index >= 15 is 0 Å². The minimum Gasteiger partial charge on any atom is -0.489 e. The second kappa shape index (κ2) is 13.4. The van der Waals surface area contributed by atoms with Gasteiger partial charge in [-0.3, -0.25) is 4.79 Å². The molecule has 1 aromatic carbocycles. The zero-order chi connectivity index (χ0) is 18.6. The van der Waals surface area contributed by atoms with Crippen molar-refractivity contribution in [2.24, 2.45) is 4.99 Å². The van der Waals surface area contributed by atoms with E-state index in [0.29, 0.717) is 19.1 Å². The molecule has 2 rings (SSSR count). The number of aliphatic imine (C=N–C) groups is 1. The lowest BCUT2D eigenvalue weighted by atomic mass is 10.1. The highest BCUT2D eigenvalue weighted by Crippen LogP contribution is 2.18. The van der Waals surface area contributed by atoms with Gasteiger partial charge in [0.2, 0.25) is 5.91 Å². The van der Waals surface area contributed by atoms with Gasteiger partial charge < -0.3 is 20.3 Å². The Hall–Kier alpha value is -1.77. The first-order chi connectivity index (χ1) is 12.7. The fourth-order valence-corrected chi connectivity index (χ4v) is 2.84. The third kappa shape index (κ3) is 8.19. The third-order valence-corrected chi connectivity index (χ3v) is 4.20. The Morgan fingerprint density at radius 1 is 1.26 bits per heavy atom. The molecule has 7 heteroatoms. The average Bonchev–Trinajstić information content (AvgIpc) is 2.69.